The summed E-state index contributed by atoms with van der Waals surface area (Å²) in [5.41, 5.74) is 1.75. The predicted octanol–water partition coefficient (Wildman–Crippen LogP) is 4.96. The van der Waals surface area contributed by atoms with E-state index in [0.29, 0.717) is 10.0 Å². The number of rotatable bonds is 3. The molecule has 0 aliphatic carbocycles. The summed E-state index contributed by atoms with van der Waals surface area (Å²) < 4.78 is 1.90. The summed E-state index contributed by atoms with van der Waals surface area (Å²) in [5.74, 6) is 0.798. The Morgan fingerprint density at radius 1 is 1.10 bits per heavy atom. The average Bonchev–Trinajstić information content (AvgIpc) is 2.96. The minimum Gasteiger partial charge on any atom is -0.283 e. The van der Waals surface area contributed by atoms with Gasteiger partial charge >= 0.3 is 0 Å². The van der Waals surface area contributed by atoms with Crippen LogP contribution in [-0.4, -0.2) is 20.8 Å². The molecular formula is C15H11Cl2N3S. The van der Waals surface area contributed by atoms with E-state index in [9.17, 15) is 0 Å². The number of hydrogen-bond acceptors (Lipinski definition) is 3. The largest absolute Gasteiger partial charge is 0.283 e. The minimum absolute atomic E-state index is 0.588. The Labute approximate surface area is 136 Å². The van der Waals surface area contributed by atoms with Crippen molar-refractivity contribution in [2.24, 2.45) is 0 Å². The van der Waals surface area contributed by atoms with E-state index in [4.69, 9.17) is 23.2 Å². The molecular weight excluding hydrogens is 325 g/mol. The number of nitrogens with zero attached hydrogens (tertiary/aromatic N) is 3. The molecule has 0 atom stereocenters. The van der Waals surface area contributed by atoms with Gasteiger partial charge in [0.1, 0.15) is 12.1 Å². The molecule has 3 rings (SSSR count). The fraction of sp³-hybridized carbons (Fsp3) is 0.0667. The summed E-state index contributed by atoms with van der Waals surface area (Å²) in [7, 11) is 0. The highest BCUT2D eigenvalue weighted by Gasteiger charge is 2.11. The smallest absolute Gasteiger partial charge is 0.138 e. The van der Waals surface area contributed by atoms with Crippen LogP contribution in [-0.2, 0) is 0 Å². The third-order valence-corrected chi connectivity index (χ3v) is 4.31. The lowest BCUT2D eigenvalue weighted by Gasteiger charge is -2.09. The van der Waals surface area contributed by atoms with E-state index >= 15 is 0 Å². The van der Waals surface area contributed by atoms with Crippen LogP contribution in [0.4, 0.5) is 0 Å². The molecule has 3 nitrogen and oxygen atoms in total. The summed E-state index contributed by atoms with van der Waals surface area (Å²) >= 11 is 13.9. The van der Waals surface area contributed by atoms with Crippen LogP contribution in [0.15, 0.2) is 53.9 Å². The molecule has 1 aromatic carbocycles. The standard InChI is InChI=1S/C15H11Cl2N3S/c1-21-11-3-5-15(19-7-11)20-9-18-8-14(20)12-4-2-10(16)6-13(12)17/h2-9H,1H3. The first-order chi connectivity index (χ1) is 10.2. The first-order valence-corrected chi connectivity index (χ1v) is 8.15. The van der Waals surface area contributed by atoms with Gasteiger partial charge in [-0.1, -0.05) is 23.2 Å². The SMILES string of the molecule is CSc1ccc(-n2cncc2-c2ccc(Cl)cc2Cl)nc1. The Bertz CT molecular complexity index is 769. The van der Waals surface area contributed by atoms with Crippen molar-refractivity contribution in [3.63, 3.8) is 0 Å². The molecule has 0 N–H and O–H groups in total. The monoisotopic (exact) mass is 335 g/mol. The van der Waals surface area contributed by atoms with Crippen LogP contribution in [0.3, 0.4) is 0 Å². The molecule has 0 spiro atoms. The van der Waals surface area contributed by atoms with Gasteiger partial charge in [-0.15, -0.1) is 11.8 Å². The molecule has 2 aromatic heterocycles. The van der Waals surface area contributed by atoms with Crippen LogP contribution < -0.4 is 0 Å². The number of hydrogen-bond donors (Lipinski definition) is 0. The van der Waals surface area contributed by atoms with Gasteiger partial charge in [0.25, 0.3) is 0 Å². The fourth-order valence-corrected chi connectivity index (χ4v) is 2.88. The highest BCUT2D eigenvalue weighted by Crippen LogP contribution is 2.31. The number of halogens is 2. The van der Waals surface area contributed by atoms with Crippen molar-refractivity contribution in [3.05, 3.63) is 59.1 Å². The molecule has 6 heteroatoms. The first kappa shape index (κ1) is 14.4. The zero-order valence-electron chi connectivity index (χ0n) is 11.1. The maximum absolute atomic E-state index is 6.28. The molecule has 2 heterocycles. The van der Waals surface area contributed by atoms with Crippen molar-refractivity contribution < 1.29 is 0 Å². The Morgan fingerprint density at radius 3 is 2.62 bits per heavy atom. The van der Waals surface area contributed by atoms with Crippen LogP contribution in [0.2, 0.25) is 10.0 Å². The lowest BCUT2D eigenvalue weighted by molar-refractivity contribution is 0.988. The van der Waals surface area contributed by atoms with E-state index in [1.165, 1.54) is 0 Å². The molecule has 106 valence electrons. The highest BCUT2D eigenvalue weighted by molar-refractivity contribution is 7.98. The van der Waals surface area contributed by atoms with Gasteiger partial charge in [0.05, 0.1) is 16.9 Å². The Balaban J connectivity index is 2.07. The van der Waals surface area contributed by atoms with Crippen molar-refractivity contribution in [2.75, 3.05) is 6.26 Å². The second kappa shape index (κ2) is 6.10. The first-order valence-electron chi connectivity index (χ1n) is 6.17. The molecule has 0 aliphatic heterocycles. The lowest BCUT2D eigenvalue weighted by atomic mass is 10.1. The van der Waals surface area contributed by atoms with Gasteiger partial charge in [-0.05, 0) is 36.6 Å². The molecule has 0 aliphatic rings. The number of pyridine rings is 1. The van der Waals surface area contributed by atoms with Crippen molar-refractivity contribution >= 4 is 35.0 Å². The summed E-state index contributed by atoms with van der Waals surface area (Å²) in [6.45, 7) is 0. The fourth-order valence-electron chi connectivity index (χ4n) is 2.01. The van der Waals surface area contributed by atoms with Gasteiger partial charge in [-0.25, -0.2) is 9.97 Å². The number of aromatic nitrogens is 3. The van der Waals surface area contributed by atoms with Crippen LogP contribution in [0.25, 0.3) is 17.1 Å². The maximum atomic E-state index is 6.28. The van der Waals surface area contributed by atoms with Crippen LogP contribution in [0.1, 0.15) is 0 Å². The summed E-state index contributed by atoms with van der Waals surface area (Å²) in [6, 6.07) is 9.40. The van der Waals surface area contributed by atoms with Gasteiger partial charge in [-0.2, -0.15) is 0 Å². The van der Waals surface area contributed by atoms with E-state index in [1.807, 2.05) is 41.3 Å². The molecule has 0 saturated carbocycles. The average molecular weight is 336 g/mol. The third kappa shape index (κ3) is 2.93. The van der Waals surface area contributed by atoms with Gasteiger partial charge < -0.3 is 0 Å². The second-order valence-electron chi connectivity index (χ2n) is 4.33. The molecule has 0 radical (unpaired) electrons. The van der Waals surface area contributed by atoms with Gasteiger partial charge in [0.15, 0.2) is 0 Å². The third-order valence-electron chi connectivity index (χ3n) is 3.05. The van der Waals surface area contributed by atoms with Crippen LogP contribution in [0.5, 0.6) is 0 Å². The van der Waals surface area contributed by atoms with Gasteiger partial charge in [0, 0.05) is 21.7 Å². The van der Waals surface area contributed by atoms with Crippen molar-refractivity contribution in [2.45, 2.75) is 4.90 Å². The summed E-state index contributed by atoms with van der Waals surface area (Å²) in [4.78, 5) is 9.78. The molecule has 3 aromatic rings. The maximum Gasteiger partial charge on any atom is 0.138 e. The van der Waals surface area contributed by atoms with Gasteiger partial charge in [-0.3, -0.25) is 4.57 Å². The summed E-state index contributed by atoms with van der Waals surface area (Å²) in [5, 5.41) is 1.20. The molecule has 0 bridgehead atoms. The lowest BCUT2D eigenvalue weighted by Crippen LogP contribution is -1.98. The number of thioether (sulfide) groups is 1. The van der Waals surface area contributed by atoms with Crippen molar-refractivity contribution in [1.82, 2.24) is 14.5 Å². The molecule has 0 fully saturated rings. The highest BCUT2D eigenvalue weighted by atomic mass is 35.5. The normalized spacial score (nSPS) is 10.8. The number of imidazole rings is 1. The molecule has 21 heavy (non-hydrogen) atoms. The topological polar surface area (TPSA) is 30.7 Å². The van der Waals surface area contributed by atoms with Crippen LogP contribution in [0, 0.1) is 0 Å². The predicted molar refractivity (Wildman–Crippen MR) is 88.6 cm³/mol. The Hall–Kier alpha value is -1.49. The Morgan fingerprint density at radius 2 is 1.95 bits per heavy atom. The quantitative estimate of drug-likeness (QED) is 0.633. The van der Waals surface area contributed by atoms with Crippen LogP contribution >= 0.6 is 35.0 Å². The number of benzene rings is 1. The van der Waals surface area contributed by atoms with E-state index in [-0.39, 0.29) is 0 Å². The van der Waals surface area contributed by atoms with Gasteiger partial charge in [0.2, 0.25) is 0 Å². The van der Waals surface area contributed by atoms with E-state index in [1.54, 1.807) is 30.4 Å². The van der Waals surface area contributed by atoms with E-state index < -0.39 is 0 Å². The van der Waals surface area contributed by atoms with E-state index in [2.05, 4.69) is 9.97 Å². The Kier molecular flexibility index (Phi) is 4.19. The minimum atomic E-state index is 0.588. The molecule has 0 amide bonds. The second-order valence-corrected chi connectivity index (χ2v) is 6.05. The zero-order chi connectivity index (χ0) is 14.8. The molecule has 0 unspecified atom stereocenters. The zero-order valence-corrected chi connectivity index (χ0v) is 13.5. The van der Waals surface area contributed by atoms with Crippen molar-refractivity contribution in [1.29, 1.82) is 0 Å². The summed E-state index contributed by atoms with van der Waals surface area (Å²) in [6.07, 6.45) is 7.35. The van der Waals surface area contributed by atoms with Crippen molar-refractivity contribution in [3.8, 4) is 17.1 Å². The molecule has 0 saturated heterocycles. The van der Waals surface area contributed by atoms with E-state index in [0.717, 1.165) is 22.0 Å².